The number of carbonyl (C=O) groups excluding carboxylic acids is 1. The highest BCUT2D eigenvalue weighted by Gasteiger charge is 2.32. The molecule has 0 unspecified atom stereocenters. The SMILES string of the molecule is CC(C)C(=O)[C@@H]1CNCC[C@H]1c1ccccc1. The van der Waals surface area contributed by atoms with Crippen LogP contribution in [0.15, 0.2) is 30.3 Å². The predicted molar refractivity (Wildman–Crippen MR) is 70.0 cm³/mol. The summed E-state index contributed by atoms with van der Waals surface area (Å²) in [4.78, 5) is 12.2. The van der Waals surface area contributed by atoms with Crippen LogP contribution in [0.5, 0.6) is 0 Å². The van der Waals surface area contributed by atoms with Crippen molar-refractivity contribution in [2.24, 2.45) is 11.8 Å². The van der Waals surface area contributed by atoms with E-state index >= 15 is 0 Å². The molecular formula is C15H21NO. The van der Waals surface area contributed by atoms with E-state index in [9.17, 15) is 4.79 Å². The summed E-state index contributed by atoms with van der Waals surface area (Å²) < 4.78 is 0. The lowest BCUT2D eigenvalue weighted by molar-refractivity contribution is -0.126. The van der Waals surface area contributed by atoms with Gasteiger partial charge in [0, 0.05) is 18.4 Å². The van der Waals surface area contributed by atoms with Crippen LogP contribution in [-0.4, -0.2) is 18.9 Å². The molecule has 17 heavy (non-hydrogen) atoms. The Morgan fingerprint density at radius 2 is 2.00 bits per heavy atom. The van der Waals surface area contributed by atoms with Gasteiger partial charge in [-0.3, -0.25) is 4.79 Å². The van der Waals surface area contributed by atoms with Crippen LogP contribution in [0.1, 0.15) is 31.7 Å². The molecule has 0 aliphatic carbocycles. The fourth-order valence-corrected chi connectivity index (χ4v) is 2.68. The standard InChI is InChI=1S/C15H21NO/c1-11(2)15(17)14-10-16-9-8-13(14)12-6-4-3-5-7-12/h3-7,11,13-14,16H,8-10H2,1-2H3/t13-,14+/m0/s1. The van der Waals surface area contributed by atoms with Gasteiger partial charge in [0.25, 0.3) is 0 Å². The minimum atomic E-state index is 0.131. The van der Waals surface area contributed by atoms with Crippen molar-refractivity contribution in [2.45, 2.75) is 26.2 Å². The Morgan fingerprint density at radius 1 is 1.29 bits per heavy atom. The first-order valence-corrected chi connectivity index (χ1v) is 6.49. The van der Waals surface area contributed by atoms with Crippen LogP contribution in [0.25, 0.3) is 0 Å². The number of rotatable bonds is 3. The Kier molecular flexibility index (Phi) is 3.95. The van der Waals surface area contributed by atoms with Crippen molar-refractivity contribution in [1.82, 2.24) is 5.32 Å². The molecule has 2 atom stereocenters. The van der Waals surface area contributed by atoms with E-state index in [0.29, 0.717) is 11.7 Å². The molecule has 1 aromatic rings. The quantitative estimate of drug-likeness (QED) is 0.866. The van der Waals surface area contributed by atoms with Gasteiger partial charge < -0.3 is 5.32 Å². The van der Waals surface area contributed by atoms with E-state index in [1.807, 2.05) is 19.9 Å². The van der Waals surface area contributed by atoms with Crippen LogP contribution < -0.4 is 5.32 Å². The van der Waals surface area contributed by atoms with Gasteiger partial charge in [-0.1, -0.05) is 44.2 Å². The van der Waals surface area contributed by atoms with E-state index in [1.54, 1.807) is 0 Å². The smallest absolute Gasteiger partial charge is 0.140 e. The number of benzene rings is 1. The Hall–Kier alpha value is -1.15. The molecule has 1 heterocycles. The molecule has 0 radical (unpaired) electrons. The summed E-state index contributed by atoms with van der Waals surface area (Å²) >= 11 is 0. The van der Waals surface area contributed by atoms with Gasteiger partial charge in [-0.2, -0.15) is 0 Å². The van der Waals surface area contributed by atoms with E-state index in [2.05, 4.69) is 29.6 Å². The highest BCUT2D eigenvalue weighted by atomic mass is 16.1. The van der Waals surface area contributed by atoms with Gasteiger partial charge in [0.1, 0.15) is 5.78 Å². The van der Waals surface area contributed by atoms with Crippen molar-refractivity contribution < 1.29 is 4.79 Å². The van der Waals surface area contributed by atoms with E-state index in [1.165, 1.54) is 5.56 Å². The number of hydrogen-bond acceptors (Lipinski definition) is 2. The zero-order valence-electron chi connectivity index (χ0n) is 10.6. The molecule has 92 valence electrons. The van der Waals surface area contributed by atoms with Gasteiger partial charge in [-0.15, -0.1) is 0 Å². The molecular weight excluding hydrogens is 210 g/mol. The fourth-order valence-electron chi connectivity index (χ4n) is 2.68. The van der Waals surface area contributed by atoms with Crippen LogP contribution in [0, 0.1) is 11.8 Å². The summed E-state index contributed by atoms with van der Waals surface area (Å²) in [5.74, 6) is 1.07. The topological polar surface area (TPSA) is 29.1 Å². The molecule has 1 saturated heterocycles. The summed E-state index contributed by atoms with van der Waals surface area (Å²) in [7, 11) is 0. The molecule has 1 aliphatic heterocycles. The van der Waals surface area contributed by atoms with Gasteiger partial charge in [-0.25, -0.2) is 0 Å². The molecule has 2 rings (SSSR count). The molecule has 2 nitrogen and oxygen atoms in total. The van der Waals surface area contributed by atoms with Crippen molar-refractivity contribution in [3.05, 3.63) is 35.9 Å². The zero-order valence-corrected chi connectivity index (χ0v) is 10.6. The Balaban J connectivity index is 2.21. The number of nitrogens with one attached hydrogen (secondary N) is 1. The second kappa shape index (κ2) is 5.46. The summed E-state index contributed by atoms with van der Waals surface area (Å²) in [5.41, 5.74) is 1.31. The van der Waals surface area contributed by atoms with Crippen LogP contribution in [0.4, 0.5) is 0 Å². The molecule has 0 bridgehead atoms. The van der Waals surface area contributed by atoms with Gasteiger partial charge in [0.2, 0.25) is 0 Å². The lowest BCUT2D eigenvalue weighted by Gasteiger charge is -2.32. The number of piperidine rings is 1. The lowest BCUT2D eigenvalue weighted by Crippen LogP contribution is -2.41. The third-order valence-electron chi connectivity index (χ3n) is 3.64. The minimum absolute atomic E-state index is 0.131. The second-order valence-corrected chi connectivity index (χ2v) is 5.17. The maximum Gasteiger partial charge on any atom is 0.140 e. The monoisotopic (exact) mass is 231 g/mol. The highest BCUT2D eigenvalue weighted by molar-refractivity contribution is 5.84. The van der Waals surface area contributed by atoms with Gasteiger partial charge in [0.05, 0.1) is 0 Å². The van der Waals surface area contributed by atoms with E-state index in [-0.39, 0.29) is 11.8 Å². The lowest BCUT2D eigenvalue weighted by atomic mass is 9.76. The molecule has 0 spiro atoms. The summed E-state index contributed by atoms with van der Waals surface area (Å²) in [6.07, 6.45) is 1.06. The molecule has 1 aliphatic rings. The number of hydrogen-bond donors (Lipinski definition) is 1. The molecule has 1 fully saturated rings. The predicted octanol–water partition coefficient (Wildman–Crippen LogP) is 2.60. The Bertz CT molecular complexity index is 372. The highest BCUT2D eigenvalue weighted by Crippen LogP contribution is 2.32. The summed E-state index contributed by atoms with van der Waals surface area (Å²) in [6.45, 7) is 5.84. The molecule has 0 aromatic heterocycles. The molecule has 2 heteroatoms. The first kappa shape index (κ1) is 12.3. The van der Waals surface area contributed by atoms with Crippen molar-refractivity contribution in [1.29, 1.82) is 0 Å². The average Bonchev–Trinajstić information content (AvgIpc) is 2.39. The molecule has 1 aromatic carbocycles. The average molecular weight is 231 g/mol. The Labute approximate surface area is 103 Å². The van der Waals surface area contributed by atoms with E-state index in [4.69, 9.17) is 0 Å². The van der Waals surface area contributed by atoms with Crippen LogP contribution in [0.2, 0.25) is 0 Å². The molecule has 0 saturated carbocycles. The third-order valence-corrected chi connectivity index (χ3v) is 3.64. The van der Waals surface area contributed by atoms with Crippen molar-refractivity contribution in [3.63, 3.8) is 0 Å². The van der Waals surface area contributed by atoms with E-state index in [0.717, 1.165) is 19.5 Å². The normalized spacial score (nSPS) is 24.9. The molecule has 0 amide bonds. The molecule has 1 N–H and O–H groups in total. The maximum absolute atomic E-state index is 12.2. The first-order valence-electron chi connectivity index (χ1n) is 6.49. The number of carbonyl (C=O) groups is 1. The van der Waals surface area contributed by atoms with Gasteiger partial charge >= 0.3 is 0 Å². The van der Waals surface area contributed by atoms with E-state index < -0.39 is 0 Å². The Morgan fingerprint density at radius 3 is 2.65 bits per heavy atom. The maximum atomic E-state index is 12.2. The van der Waals surface area contributed by atoms with Crippen LogP contribution in [-0.2, 0) is 4.79 Å². The number of Topliss-reactive ketones (excluding diaryl/α,β-unsaturated/α-hetero) is 1. The van der Waals surface area contributed by atoms with Crippen molar-refractivity contribution in [3.8, 4) is 0 Å². The largest absolute Gasteiger partial charge is 0.316 e. The van der Waals surface area contributed by atoms with Crippen LogP contribution >= 0.6 is 0 Å². The minimum Gasteiger partial charge on any atom is -0.316 e. The van der Waals surface area contributed by atoms with Crippen molar-refractivity contribution in [2.75, 3.05) is 13.1 Å². The number of ketones is 1. The zero-order chi connectivity index (χ0) is 12.3. The second-order valence-electron chi connectivity index (χ2n) is 5.17. The first-order chi connectivity index (χ1) is 8.20. The summed E-state index contributed by atoms with van der Waals surface area (Å²) in [5, 5.41) is 3.35. The van der Waals surface area contributed by atoms with Gasteiger partial charge in [0.15, 0.2) is 0 Å². The van der Waals surface area contributed by atoms with Crippen molar-refractivity contribution >= 4 is 5.78 Å². The fraction of sp³-hybridized carbons (Fsp3) is 0.533. The van der Waals surface area contributed by atoms with Crippen LogP contribution in [0.3, 0.4) is 0 Å². The van der Waals surface area contributed by atoms with Gasteiger partial charge in [-0.05, 0) is 24.4 Å². The summed E-state index contributed by atoms with van der Waals surface area (Å²) in [6, 6.07) is 10.5. The third kappa shape index (κ3) is 2.75.